The molecule has 24 heavy (non-hydrogen) atoms. The van der Waals surface area contributed by atoms with E-state index < -0.39 is 0 Å². The van der Waals surface area contributed by atoms with Crippen LogP contribution in [0.2, 0.25) is 0 Å². The van der Waals surface area contributed by atoms with Crippen LogP contribution < -0.4 is 4.90 Å². The molecule has 0 N–H and O–H groups in total. The van der Waals surface area contributed by atoms with Gasteiger partial charge in [0.05, 0.1) is 0 Å². The van der Waals surface area contributed by atoms with Gasteiger partial charge in [0.15, 0.2) is 5.78 Å². The molecule has 0 atom stereocenters. The van der Waals surface area contributed by atoms with Crippen molar-refractivity contribution in [1.29, 1.82) is 0 Å². The number of aryl methyl sites for hydroxylation is 1. The number of fused-ring (bicyclic) bond motifs is 3. The summed E-state index contributed by atoms with van der Waals surface area (Å²) in [5.74, 6) is 0.312. The van der Waals surface area contributed by atoms with Crippen LogP contribution in [-0.4, -0.2) is 12.3 Å². The summed E-state index contributed by atoms with van der Waals surface area (Å²) in [5, 5.41) is 0. The van der Waals surface area contributed by atoms with Crippen LogP contribution in [0.4, 0.5) is 5.69 Å². The first-order chi connectivity index (χ1) is 11.7. The van der Waals surface area contributed by atoms with Gasteiger partial charge < -0.3 is 4.90 Å². The van der Waals surface area contributed by atoms with Crippen molar-refractivity contribution in [3.63, 3.8) is 0 Å². The number of hydrogen-bond acceptors (Lipinski definition) is 2. The van der Waals surface area contributed by atoms with Crippen LogP contribution in [0.25, 0.3) is 12.2 Å². The molecule has 4 rings (SSSR count). The van der Waals surface area contributed by atoms with Gasteiger partial charge in [0.1, 0.15) is 0 Å². The number of carbonyl (C=O) groups is 1. The summed E-state index contributed by atoms with van der Waals surface area (Å²) in [6, 6.07) is 17.0. The van der Waals surface area contributed by atoms with Crippen LogP contribution in [0.3, 0.4) is 0 Å². The predicted octanol–water partition coefficient (Wildman–Crippen LogP) is 4.86. The van der Waals surface area contributed by atoms with Gasteiger partial charge in [-0.2, -0.15) is 0 Å². The van der Waals surface area contributed by atoms with Crippen molar-refractivity contribution in [2.75, 3.05) is 11.4 Å². The lowest BCUT2D eigenvalue weighted by Crippen LogP contribution is -2.35. The van der Waals surface area contributed by atoms with E-state index in [2.05, 4.69) is 59.5 Å². The number of hydrogen-bond donors (Lipinski definition) is 0. The molecule has 0 saturated carbocycles. The summed E-state index contributed by atoms with van der Waals surface area (Å²) in [4.78, 5) is 14.3. The minimum atomic E-state index is 0.312. The maximum absolute atomic E-state index is 11.9. The zero-order chi connectivity index (χ0) is 16.5. The lowest BCUT2D eigenvalue weighted by molar-refractivity contribution is -0.115. The molecule has 0 aliphatic carbocycles. The fourth-order valence-corrected chi connectivity index (χ4v) is 3.67. The SMILES string of the molecule is CC1=C2CCc3cc(/C=C\c4ccccc4)ccc3N2CCC1=O. The van der Waals surface area contributed by atoms with Gasteiger partial charge in [-0.15, -0.1) is 0 Å². The second-order valence-corrected chi connectivity index (χ2v) is 6.53. The average molecular weight is 315 g/mol. The number of carbonyl (C=O) groups excluding carboxylic acids is 1. The summed E-state index contributed by atoms with van der Waals surface area (Å²) in [6.45, 7) is 2.80. The molecule has 0 spiro atoms. The summed E-state index contributed by atoms with van der Waals surface area (Å²) in [6.07, 6.45) is 6.94. The third-order valence-electron chi connectivity index (χ3n) is 5.03. The first kappa shape index (κ1) is 14.9. The van der Waals surface area contributed by atoms with Crippen molar-refractivity contribution in [1.82, 2.24) is 0 Å². The van der Waals surface area contributed by atoms with E-state index in [1.807, 2.05) is 13.0 Å². The molecule has 0 saturated heterocycles. The van der Waals surface area contributed by atoms with E-state index in [1.165, 1.54) is 28.1 Å². The highest BCUT2D eigenvalue weighted by Gasteiger charge is 2.28. The van der Waals surface area contributed by atoms with E-state index in [9.17, 15) is 4.79 Å². The fourth-order valence-electron chi connectivity index (χ4n) is 3.67. The van der Waals surface area contributed by atoms with E-state index in [4.69, 9.17) is 0 Å². The Hall–Kier alpha value is -2.61. The summed E-state index contributed by atoms with van der Waals surface area (Å²) >= 11 is 0. The number of benzene rings is 2. The monoisotopic (exact) mass is 315 g/mol. The summed E-state index contributed by atoms with van der Waals surface area (Å²) in [7, 11) is 0. The zero-order valence-electron chi connectivity index (χ0n) is 14.0. The molecule has 0 bridgehead atoms. The van der Waals surface area contributed by atoms with Crippen LogP contribution in [0.1, 0.15) is 36.5 Å². The van der Waals surface area contributed by atoms with Gasteiger partial charge >= 0.3 is 0 Å². The third-order valence-corrected chi connectivity index (χ3v) is 5.03. The highest BCUT2D eigenvalue weighted by molar-refractivity contribution is 5.98. The van der Waals surface area contributed by atoms with Crippen molar-refractivity contribution in [3.8, 4) is 0 Å². The fraction of sp³-hybridized carbons (Fsp3) is 0.227. The van der Waals surface area contributed by atoms with E-state index in [0.29, 0.717) is 12.2 Å². The smallest absolute Gasteiger partial charge is 0.162 e. The van der Waals surface area contributed by atoms with Crippen molar-refractivity contribution >= 4 is 23.6 Å². The Labute approximate surface area is 143 Å². The maximum atomic E-state index is 11.9. The van der Waals surface area contributed by atoms with Gasteiger partial charge in [-0.1, -0.05) is 48.6 Å². The molecule has 0 fully saturated rings. The number of allylic oxidation sites excluding steroid dienone is 2. The van der Waals surface area contributed by atoms with Crippen LogP contribution in [0, 0.1) is 0 Å². The number of Topliss-reactive ketones (excluding diaryl/α,β-unsaturated/α-hetero) is 1. The zero-order valence-corrected chi connectivity index (χ0v) is 14.0. The summed E-state index contributed by atoms with van der Waals surface area (Å²) < 4.78 is 0. The average Bonchev–Trinajstić information content (AvgIpc) is 2.63. The minimum Gasteiger partial charge on any atom is -0.344 e. The van der Waals surface area contributed by atoms with Gasteiger partial charge in [-0.3, -0.25) is 4.79 Å². The van der Waals surface area contributed by atoms with Crippen molar-refractivity contribution < 1.29 is 4.79 Å². The topological polar surface area (TPSA) is 20.3 Å². The molecule has 0 radical (unpaired) electrons. The number of nitrogens with zero attached hydrogens (tertiary/aromatic N) is 1. The molecular formula is C22H21NO. The first-order valence-electron chi connectivity index (χ1n) is 8.59. The predicted molar refractivity (Wildman–Crippen MR) is 99.8 cm³/mol. The molecule has 0 amide bonds. The van der Waals surface area contributed by atoms with Crippen molar-refractivity contribution in [2.45, 2.75) is 26.2 Å². The summed E-state index contributed by atoms with van der Waals surface area (Å²) in [5.41, 5.74) is 7.29. The molecule has 2 aliphatic rings. The standard InChI is InChI=1S/C22H21NO/c1-16-20-12-10-19-15-18(8-7-17-5-3-2-4-6-17)9-11-21(19)23(20)14-13-22(16)24/h2-9,11,15H,10,12-14H2,1H3/b8-7-. The van der Waals surface area contributed by atoms with E-state index in [1.54, 1.807) is 0 Å². The highest BCUT2D eigenvalue weighted by atomic mass is 16.1. The number of rotatable bonds is 2. The largest absolute Gasteiger partial charge is 0.344 e. The molecule has 2 heteroatoms. The molecule has 0 aromatic heterocycles. The van der Waals surface area contributed by atoms with Crippen LogP contribution in [0.15, 0.2) is 59.8 Å². The Kier molecular flexibility index (Phi) is 3.81. The minimum absolute atomic E-state index is 0.312. The van der Waals surface area contributed by atoms with Gasteiger partial charge in [0.2, 0.25) is 0 Å². The molecule has 120 valence electrons. The lowest BCUT2D eigenvalue weighted by Gasteiger charge is -2.37. The molecule has 2 heterocycles. The van der Waals surface area contributed by atoms with Crippen LogP contribution >= 0.6 is 0 Å². The second kappa shape index (κ2) is 6.12. The maximum Gasteiger partial charge on any atom is 0.162 e. The van der Waals surface area contributed by atoms with E-state index >= 15 is 0 Å². The first-order valence-corrected chi connectivity index (χ1v) is 8.59. The molecule has 2 aromatic rings. The van der Waals surface area contributed by atoms with Crippen LogP contribution in [0.5, 0.6) is 0 Å². The van der Waals surface area contributed by atoms with Gasteiger partial charge in [0, 0.05) is 29.9 Å². The van der Waals surface area contributed by atoms with E-state index in [-0.39, 0.29) is 0 Å². The Balaban J connectivity index is 1.64. The van der Waals surface area contributed by atoms with Crippen molar-refractivity contribution in [3.05, 3.63) is 76.5 Å². The Morgan fingerprint density at radius 3 is 2.54 bits per heavy atom. The molecular weight excluding hydrogens is 294 g/mol. The Morgan fingerprint density at radius 2 is 1.71 bits per heavy atom. The highest BCUT2D eigenvalue weighted by Crippen LogP contribution is 2.37. The Morgan fingerprint density at radius 1 is 0.917 bits per heavy atom. The van der Waals surface area contributed by atoms with Gasteiger partial charge in [-0.05, 0) is 48.6 Å². The quantitative estimate of drug-likeness (QED) is 0.738. The third kappa shape index (κ3) is 2.69. The molecule has 0 unspecified atom stereocenters. The molecule has 2 nitrogen and oxygen atoms in total. The number of anilines is 1. The van der Waals surface area contributed by atoms with E-state index in [0.717, 1.165) is 25.0 Å². The van der Waals surface area contributed by atoms with Crippen LogP contribution in [-0.2, 0) is 11.2 Å². The lowest BCUT2D eigenvalue weighted by atomic mass is 9.90. The Bertz CT molecular complexity index is 846. The normalized spacial score (nSPS) is 17.2. The second-order valence-electron chi connectivity index (χ2n) is 6.53. The molecule has 2 aliphatic heterocycles. The molecule has 2 aromatic carbocycles. The van der Waals surface area contributed by atoms with Gasteiger partial charge in [0.25, 0.3) is 0 Å². The number of ketones is 1. The van der Waals surface area contributed by atoms with Crippen molar-refractivity contribution in [2.24, 2.45) is 0 Å². The van der Waals surface area contributed by atoms with Gasteiger partial charge in [-0.25, -0.2) is 0 Å².